The summed E-state index contributed by atoms with van der Waals surface area (Å²) in [5.41, 5.74) is 2.11. The van der Waals surface area contributed by atoms with Crippen LogP contribution in [0.1, 0.15) is 21.5 Å². The summed E-state index contributed by atoms with van der Waals surface area (Å²) in [7, 11) is 6.31. The maximum Gasteiger partial charge on any atom is 0.282 e. The number of ether oxygens (including phenoxy) is 4. The van der Waals surface area contributed by atoms with E-state index in [1.54, 1.807) is 52.7 Å². The lowest BCUT2D eigenvalue weighted by Gasteiger charge is -2.11. The summed E-state index contributed by atoms with van der Waals surface area (Å²) in [5, 5.41) is 11.1. The van der Waals surface area contributed by atoms with Crippen LogP contribution in [0.3, 0.4) is 0 Å². The molecule has 0 saturated carbocycles. The van der Waals surface area contributed by atoms with Crippen molar-refractivity contribution in [3.8, 4) is 23.0 Å². The van der Waals surface area contributed by atoms with Crippen molar-refractivity contribution in [1.29, 1.82) is 0 Å². The van der Waals surface area contributed by atoms with Crippen molar-refractivity contribution in [1.82, 2.24) is 14.8 Å². The maximum absolute atomic E-state index is 13.4. The predicted octanol–water partition coefficient (Wildman–Crippen LogP) is 4.88. The van der Waals surface area contributed by atoms with Gasteiger partial charge in [-0.05, 0) is 47.5 Å². The number of carbonyl (C=O) groups is 1. The van der Waals surface area contributed by atoms with Gasteiger partial charge in [-0.3, -0.25) is 4.79 Å². The molecule has 0 aliphatic carbocycles. The Morgan fingerprint density at radius 1 is 0.789 bits per heavy atom. The molecule has 0 amide bonds. The van der Waals surface area contributed by atoms with E-state index in [1.807, 2.05) is 36.4 Å². The quantitative estimate of drug-likeness (QED) is 0.277. The normalized spacial score (nSPS) is 10.6. The molecule has 3 aromatic carbocycles. The van der Waals surface area contributed by atoms with Gasteiger partial charge in [0.05, 0.1) is 39.0 Å². The van der Waals surface area contributed by atoms with Gasteiger partial charge in [0.25, 0.3) is 5.91 Å². The van der Waals surface area contributed by atoms with Crippen LogP contribution < -0.4 is 29.6 Å². The number of hydrogen-bond donors (Lipinski definition) is 2. The van der Waals surface area contributed by atoms with E-state index in [9.17, 15) is 4.79 Å². The number of anilines is 2. The minimum Gasteiger partial charge on any atom is -0.493 e. The smallest absolute Gasteiger partial charge is 0.282 e. The first-order valence-corrected chi connectivity index (χ1v) is 12.0. The van der Waals surface area contributed by atoms with Crippen molar-refractivity contribution >= 4 is 29.4 Å². The minimum atomic E-state index is -0.419. The largest absolute Gasteiger partial charge is 0.493 e. The number of benzene rings is 3. The SMILES string of the molecule is COc1ccc(CNc2nc(NCc3ccc(OC)c(OC)c3)n(C(=O)c3ccccc3Cl)n2)cc1OC. The first-order chi connectivity index (χ1) is 18.5. The second-order valence-corrected chi connectivity index (χ2v) is 8.45. The van der Waals surface area contributed by atoms with E-state index in [4.69, 9.17) is 30.5 Å². The van der Waals surface area contributed by atoms with Crippen molar-refractivity contribution < 1.29 is 23.7 Å². The standard InChI is InChI=1S/C27H28ClN5O5/c1-35-21-11-9-17(13-23(21)37-3)15-29-26-31-27(30-16-18-10-12-22(36-2)24(14-18)38-4)33(32-26)25(34)19-7-5-6-8-20(19)28/h5-14H,15-16H2,1-4H3,(H2,29,30,31,32). The molecule has 2 N–H and O–H groups in total. The van der Waals surface area contributed by atoms with Gasteiger partial charge in [-0.15, -0.1) is 5.10 Å². The van der Waals surface area contributed by atoms with Gasteiger partial charge in [0.1, 0.15) is 0 Å². The average molecular weight is 538 g/mol. The molecule has 10 nitrogen and oxygen atoms in total. The van der Waals surface area contributed by atoms with E-state index in [0.29, 0.717) is 46.7 Å². The Bertz CT molecular complexity index is 1420. The van der Waals surface area contributed by atoms with Gasteiger partial charge in [-0.25, -0.2) is 0 Å². The van der Waals surface area contributed by atoms with Gasteiger partial charge in [0, 0.05) is 13.1 Å². The number of nitrogens with zero attached hydrogens (tertiary/aromatic N) is 3. The van der Waals surface area contributed by atoms with Gasteiger partial charge in [0.15, 0.2) is 23.0 Å². The fourth-order valence-electron chi connectivity index (χ4n) is 3.74. The number of methoxy groups -OCH3 is 4. The molecule has 0 bridgehead atoms. The highest BCUT2D eigenvalue weighted by Crippen LogP contribution is 2.29. The molecule has 0 fully saturated rings. The molecule has 1 heterocycles. The minimum absolute atomic E-state index is 0.250. The van der Waals surface area contributed by atoms with Crippen molar-refractivity contribution in [2.75, 3.05) is 39.1 Å². The van der Waals surface area contributed by atoms with Crippen molar-refractivity contribution in [3.63, 3.8) is 0 Å². The molecule has 0 atom stereocenters. The first-order valence-electron chi connectivity index (χ1n) is 11.6. The molecule has 4 aromatic rings. The van der Waals surface area contributed by atoms with E-state index >= 15 is 0 Å². The Hall–Kier alpha value is -4.44. The Morgan fingerprint density at radius 2 is 1.34 bits per heavy atom. The van der Waals surface area contributed by atoms with Gasteiger partial charge in [-0.1, -0.05) is 35.9 Å². The molecule has 0 unspecified atom stereocenters. The van der Waals surface area contributed by atoms with Gasteiger partial charge in [-0.2, -0.15) is 9.67 Å². The topological polar surface area (TPSA) is 109 Å². The van der Waals surface area contributed by atoms with Crippen LogP contribution in [-0.4, -0.2) is 49.1 Å². The van der Waals surface area contributed by atoms with Crippen molar-refractivity contribution in [3.05, 3.63) is 82.4 Å². The Morgan fingerprint density at radius 3 is 1.89 bits per heavy atom. The number of hydrogen-bond acceptors (Lipinski definition) is 9. The van der Waals surface area contributed by atoms with Gasteiger partial charge < -0.3 is 29.6 Å². The number of rotatable bonds is 11. The zero-order chi connectivity index (χ0) is 27.1. The monoisotopic (exact) mass is 537 g/mol. The second kappa shape index (κ2) is 12.2. The summed E-state index contributed by atoms with van der Waals surface area (Å²) in [6.07, 6.45) is 0. The number of carbonyl (C=O) groups excluding carboxylic acids is 1. The van der Waals surface area contributed by atoms with Crippen LogP contribution >= 0.6 is 11.6 Å². The highest BCUT2D eigenvalue weighted by atomic mass is 35.5. The lowest BCUT2D eigenvalue weighted by Crippen LogP contribution is -2.18. The zero-order valence-electron chi connectivity index (χ0n) is 21.4. The van der Waals surface area contributed by atoms with Crippen LogP contribution in [0.5, 0.6) is 23.0 Å². The summed E-state index contributed by atoms with van der Waals surface area (Å²) in [6, 6.07) is 17.9. The van der Waals surface area contributed by atoms with E-state index in [-0.39, 0.29) is 11.9 Å². The van der Waals surface area contributed by atoms with E-state index in [1.165, 1.54) is 4.68 Å². The van der Waals surface area contributed by atoms with Crippen molar-refractivity contribution in [2.24, 2.45) is 0 Å². The summed E-state index contributed by atoms with van der Waals surface area (Å²) < 4.78 is 22.6. The van der Waals surface area contributed by atoms with Crippen molar-refractivity contribution in [2.45, 2.75) is 13.1 Å². The Labute approximate surface area is 225 Å². The molecule has 4 rings (SSSR count). The lowest BCUT2D eigenvalue weighted by atomic mass is 10.2. The van der Waals surface area contributed by atoms with Crippen LogP contribution in [0.2, 0.25) is 5.02 Å². The van der Waals surface area contributed by atoms with Gasteiger partial charge >= 0.3 is 0 Å². The number of halogens is 1. The molecule has 0 saturated heterocycles. The third kappa shape index (κ3) is 5.92. The van der Waals surface area contributed by atoms with E-state index < -0.39 is 5.91 Å². The molecule has 0 spiro atoms. The maximum atomic E-state index is 13.4. The predicted molar refractivity (Wildman–Crippen MR) is 145 cm³/mol. The summed E-state index contributed by atoms with van der Waals surface area (Å²) >= 11 is 6.29. The fourth-order valence-corrected chi connectivity index (χ4v) is 3.95. The lowest BCUT2D eigenvalue weighted by molar-refractivity contribution is 0.0947. The van der Waals surface area contributed by atoms with Crippen LogP contribution in [0.25, 0.3) is 0 Å². The third-order valence-corrected chi connectivity index (χ3v) is 6.03. The molecule has 0 radical (unpaired) electrons. The molecular weight excluding hydrogens is 510 g/mol. The molecule has 38 heavy (non-hydrogen) atoms. The van der Waals surface area contributed by atoms with E-state index in [2.05, 4.69) is 20.7 Å². The van der Waals surface area contributed by atoms with Crippen LogP contribution in [0.15, 0.2) is 60.7 Å². The van der Waals surface area contributed by atoms with Crippen LogP contribution in [-0.2, 0) is 13.1 Å². The molecule has 0 aliphatic heterocycles. The third-order valence-electron chi connectivity index (χ3n) is 5.70. The number of aromatic nitrogens is 3. The Kier molecular flexibility index (Phi) is 8.55. The summed E-state index contributed by atoms with van der Waals surface area (Å²) in [6.45, 7) is 0.740. The molecule has 0 aliphatic rings. The molecule has 11 heteroatoms. The number of nitrogens with one attached hydrogen (secondary N) is 2. The highest BCUT2D eigenvalue weighted by molar-refractivity contribution is 6.33. The molecular formula is C27H28ClN5O5. The molecule has 198 valence electrons. The first kappa shape index (κ1) is 26.6. The average Bonchev–Trinajstić information content (AvgIpc) is 3.37. The summed E-state index contributed by atoms with van der Waals surface area (Å²) in [4.78, 5) is 17.9. The second-order valence-electron chi connectivity index (χ2n) is 8.04. The zero-order valence-corrected chi connectivity index (χ0v) is 22.2. The Balaban J connectivity index is 1.59. The fraction of sp³-hybridized carbons (Fsp3) is 0.222. The van der Waals surface area contributed by atoms with Gasteiger partial charge in [0.2, 0.25) is 11.9 Å². The molecule has 1 aromatic heterocycles. The van der Waals surface area contributed by atoms with Crippen LogP contribution in [0.4, 0.5) is 11.9 Å². The van der Waals surface area contributed by atoms with E-state index in [0.717, 1.165) is 11.1 Å². The summed E-state index contributed by atoms with van der Waals surface area (Å²) in [5.74, 6) is 2.54. The highest BCUT2D eigenvalue weighted by Gasteiger charge is 2.20. The van der Waals surface area contributed by atoms with Crippen LogP contribution in [0, 0.1) is 0 Å².